The van der Waals surface area contributed by atoms with Gasteiger partial charge < -0.3 is 15.5 Å². The number of aromatic nitrogens is 1. The first-order valence-corrected chi connectivity index (χ1v) is 15.1. The molecule has 3 aromatic rings. The molecule has 2 aliphatic rings. The van der Waals surface area contributed by atoms with Gasteiger partial charge in [-0.2, -0.15) is 0 Å². The van der Waals surface area contributed by atoms with E-state index in [0.29, 0.717) is 12.8 Å². The van der Waals surface area contributed by atoms with E-state index in [9.17, 15) is 36.6 Å². The third-order valence-electron chi connectivity index (χ3n) is 7.99. The first-order chi connectivity index (χ1) is 18.8. The van der Waals surface area contributed by atoms with Crippen LogP contribution in [0.25, 0.3) is 0 Å². The molecule has 3 unspecified atom stereocenters. The second kappa shape index (κ2) is 10.7. The van der Waals surface area contributed by atoms with Gasteiger partial charge in [-0.25, -0.2) is 26.6 Å². The van der Waals surface area contributed by atoms with Gasteiger partial charge in [0, 0.05) is 29.1 Å². The van der Waals surface area contributed by atoms with Crippen LogP contribution in [0.4, 0.5) is 18.9 Å². The first-order valence-electron chi connectivity index (χ1n) is 12.3. The van der Waals surface area contributed by atoms with Crippen molar-refractivity contribution in [2.45, 2.75) is 47.5 Å². The molecule has 1 heterocycles. The van der Waals surface area contributed by atoms with Gasteiger partial charge in [-0.05, 0) is 89.8 Å². The van der Waals surface area contributed by atoms with Gasteiger partial charge in [0.2, 0.25) is 0 Å². The number of rotatable bonds is 6. The zero-order valence-corrected chi connectivity index (χ0v) is 23.8. The number of aliphatic hydroxyl groups is 2. The van der Waals surface area contributed by atoms with Crippen molar-refractivity contribution in [2.24, 2.45) is 11.8 Å². The fraction of sp³-hybridized carbons (Fsp3) is 0.333. The second-order valence-electron chi connectivity index (χ2n) is 10.1. The van der Waals surface area contributed by atoms with E-state index in [4.69, 9.17) is 11.6 Å². The maximum Gasteiger partial charge on any atom is 0.255 e. The van der Waals surface area contributed by atoms with E-state index in [1.54, 1.807) is 0 Å². The molecule has 0 spiro atoms. The number of amides is 1. The summed E-state index contributed by atoms with van der Waals surface area (Å²) in [4.78, 5) is 16.3. The summed E-state index contributed by atoms with van der Waals surface area (Å²) in [6.45, 7) is 0. The molecule has 0 aliphatic heterocycles. The zero-order chi connectivity index (χ0) is 29.0. The van der Waals surface area contributed by atoms with Crippen LogP contribution in [0.1, 0.15) is 47.7 Å². The number of anilines is 1. The van der Waals surface area contributed by atoms with Gasteiger partial charge in [0.05, 0.1) is 15.2 Å². The Balaban J connectivity index is 1.40. The molecule has 0 saturated heterocycles. The Hall–Kier alpha value is -2.51. The van der Waals surface area contributed by atoms with Crippen molar-refractivity contribution in [3.05, 3.63) is 86.9 Å². The molecule has 5 rings (SSSR count). The van der Waals surface area contributed by atoms with Crippen LogP contribution in [0.15, 0.2) is 58.2 Å². The van der Waals surface area contributed by atoms with Crippen molar-refractivity contribution >= 4 is 49.0 Å². The number of nitrogens with zero attached hydrogens (tertiary/aromatic N) is 1. The fourth-order valence-electron chi connectivity index (χ4n) is 5.95. The number of carbonyl (C=O) groups excluding carboxylic acids is 1. The summed E-state index contributed by atoms with van der Waals surface area (Å²) in [5, 5.41) is 24.0. The molecule has 7 nitrogen and oxygen atoms in total. The second-order valence-corrected chi connectivity index (χ2v) is 13.5. The normalized spacial score (nSPS) is 25.0. The minimum absolute atomic E-state index is 0.0120. The molecule has 2 aliphatic carbocycles. The molecule has 2 bridgehead atoms. The van der Waals surface area contributed by atoms with E-state index in [1.807, 2.05) is 0 Å². The molecule has 2 saturated carbocycles. The molecule has 40 heavy (non-hydrogen) atoms. The Labute approximate surface area is 241 Å². The van der Waals surface area contributed by atoms with Crippen LogP contribution in [0.5, 0.6) is 0 Å². The van der Waals surface area contributed by atoms with Crippen LogP contribution < -0.4 is 5.32 Å². The SMILES string of the molecule is O=C(Nc1ccc(F)c(F)c1)c1ccc(Cl)c(S(=O)(=O)C2C[C@H]3CC[C@@H](C2)C3(O)C(O)c2ccnc(Br)c2F)c1. The lowest BCUT2D eigenvalue weighted by molar-refractivity contribution is -0.145. The quantitative estimate of drug-likeness (QED) is 0.297. The summed E-state index contributed by atoms with van der Waals surface area (Å²) in [5.74, 6) is -5.10. The summed E-state index contributed by atoms with van der Waals surface area (Å²) >= 11 is 9.25. The van der Waals surface area contributed by atoms with Crippen LogP contribution >= 0.6 is 27.5 Å². The number of halogens is 5. The maximum atomic E-state index is 14.7. The van der Waals surface area contributed by atoms with Gasteiger partial charge >= 0.3 is 0 Å². The molecule has 212 valence electrons. The van der Waals surface area contributed by atoms with E-state index in [-0.39, 0.29) is 44.2 Å². The predicted molar refractivity (Wildman–Crippen MR) is 144 cm³/mol. The highest BCUT2D eigenvalue weighted by molar-refractivity contribution is 9.10. The average Bonchev–Trinajstić information content (AvgIpc) is 3.07. The largest absolute Gasteiger partial charge is 0.386 e. The molecular formula is C27H23BrClF3N2O5S. The Morgan fingerprint density at radius 1 is 1.07 bits per heavy atom. The predicted octanol–water partition coefficient (Wildman–Crippen LogP) is 5.59. The summed E-state index contributed by atoms with van der Waals surface area (Å²) in [6, 6.07) is 7.77. The van der Waals surface area contributed by atoms with Gasteiger partial charge in [-0.3, -0.25) is 4.79 Å². The maximum absolute atomic E-state index is 14.7. The molecule has 2 fully saturated rings. The number of hydrogen-bond acceptors (Lipinski definition) is 6. The molecule has 2 aromatic carbocycles. The van der Waals surface area contributed by atoms with Crippen LogP contribution in [0.3, 0.4) is 0 Å². The zero-order valence-electron chi connectivity index (χ0n) is 20.6. The third kappa shape index (κ3) is 4.94. The van der Waals surface area contributed by atoms with E-state index in [2.05, 4.69) is 26.2 Å². The van der Waals surface area contributed by atoms with E-state index < -0.39 is 62.0 Å². The lowest BCUT2D eigenvalue weighted by Crippen LogP contribution is -2.52. The van der Waals surface area contributed by atoms with Crippen molar-refractivity contribution in [2.75, 3.05) is 5.32 Å². The van der Waals surface area contributed by atoms with Gasteiger partial charge in [-0.15, -0.1) is 0 Å². The Morgan fingerprint density at radius 2 is 1.75 bits per heavy atom. The Morgan fingerprint density at radius 3 is 2.40 bits per heavy atom. The number of benzene rings is 2. The van der Waals surface area contributed by atoms with Crippen LogP contribution in [-0.4, -0.2) is 40.4 Å². The van der Waals surface area contributed by atoms with E-state index >= 15 is 0 Å². The Bertz CT molecular complexity index is 1590. The Kier molecular flexibility index (Phi) is 7.77. The standard InChI is InChI=1S/C27H23BrClF3N2O5S/c28-25-23(32)18(7-8-33-25)24(35)27(37)14-2-3-15(27)11-17(10-14)40(38,39)22-9-13(1-5-19(22)29)26(36)34-16-4-6-20(30)21(31)12-16/h1,4-9,12,14-15,17,24,35,37H,2-3,10-11H2,(H,34,36)/t14-,15+,17?,24?,27?. The van der Waals surface area contributed by atoms with Crippen LogP contribution in [-0.2, 0) is 9.84 Å². The van der Waals surface area contributed by atoms with E-state index in [0.717, 1.165) is 24.3 Å². The molecule has 0 radical (unpaired) electrons. The van der Waals surface area contributed by atoms with Gasteiger partial charge in [-0.1, -0.05) is 11.6 Å². The minimum atomic E-state index is -4.12. The summed E-state index contributed by atoms with van der Waals surface area (Å²) in [7, 11) is -4.12. The molecule has 1 aromatic heterocycles. The number of carbonyl (C=O) groups is 1. The van der Waals surface area contributed by atoms with Crippen molar-refractivity contribution in [1.29, 1.82) is 0 Å². The lowest BCUT2D eigenvalue weighted by Gasteiger charge is -2.45. The van der Waals surface area contributed by atoms with Crippen molar-refractivity contribution in [3.63, 3.8) is 0 Å². The topological polar surface area (TPSA) is 117 Å². The molecular weight excluding hydrogens is 637 g/mol. The highest BCUT2D eigenvalue weighted by Crippen LogP contribution is 2.57. The van der Waals surface area contributed by atoms with Gasteiger partial charge in [0.1, 0.15) is 16.3 Å². The highest BCUT2D eigenvalue weighted by atomic mass is 79.9. The van der Waals surface area contributed by atoms with Gasteiger partial charge in [0.25, 0.3) is 5.91 Å². The molecule has 5 atom stereocenters. The fourth-order valence-corrected chi connectivity index (χ4v) is 8.70. The summed E-state index contributed by atoms with van der Waals surface area (Å²) in [5.41, 5.74) is -1.98. The lowest BCUT2D eigenvalue weighted by atomic mass is 9.69. The number of pyridine rings is 1. The molecule has 1 amide bonds. The average molecular weight is 660 g/mol. The third-order valence-corrected chi connectivity index (χ3v) is 11.2. The number of nitrogens with one attached hydrogen (secondary N) is 1. The highest BCUT2D eigenvalue weighted by Gasteiger charge is 2.59. The molecule has 3 N–H and O–H groups in total. The van der Waals surface area contributed by atoms with Gasteiger partial charge in [0.15, 0.2) is 27.3 Å². The summed E-state index contributed by atoms with van der Waals surface area (Å²) in [6.07, 6.45) is 0.541. The minimum Gasteiger partial charge on any atom is -0.386 e. The first kappa shape index (κ1) is 29.0. The van der Waals surface area contributed by atoms with Crippen molar-refractivity contribution in [1.82, 2.24) is 4.98 Å². The molecule has 13 heteroatoms. The number of fused-ring (bicyclic) bond motifs is 2. The van der Waals surface area contributed by atoms with E-state index in [1.165, 1.54) is 24.4 Å². The van der Waals surface area contributed by atoms with Crippen molar-refractivity contribution < 1.29 is 36.6 Å². The summed E-state index contributed by atoms with van der Waals surface area (Å²) < 4.78 is 68.9. The van der Waals surface area contributed by atoms with Crippen LogP contribution in [0.2, 0.25) is 5.02 Å². The smallest absolute Gasteiger partial charge is 0.255 e. The number of aliphatic hydroxyl groups excluding tert-OH is 1. The van der Waals surface area contributed by atoms with Crippen LogP contribution in [0, 0.1) is 29.3 Å². The number of hydrogen-bond donors (Lipinski definition) is 3. The monoisotopic (exact) mass is 658 g/mol. The van der Waals surface area contributed by atoms with Crippen molar-refractivity contribution in [3.8, 4) is 0 Å². The number of sulfone groups is 1.